The number of nitrogens with two attached hydrogens (primary N) is 1. The first kappa shape index (κ1) is 15.5. The maximum absolute atomic E-state index is 5.69. The van der Waals surface area contributed by atoms with Gasteiger partial charge < -0.3 is 5.73 Å². The molecule has 5 rings (SSSR count). The van der Waals surface area contributed by atoms with Crippen LogP contribution in [0.3, 0.4) is 0 Å². The third-order valence-electron chi connectivity index (χ3n) is 4.90. The average molecular weight is 347 g/mol. The first-order valence-corrected chi connectivity index (χ1v) is 8.87. The van der Waals surface area contributed by atoms with E-state index in [0.717, 1.165) is 16.8 Å². The number of anilines is 1. The molecule has 0 bridgehead atoms. The van der Waals surface area contributed by atoms with Gasteiger partial charge in [0.25, 0.3) is 0 Å². The zero-order valence-electron chi connectivity index (χ0n) is 14.6. The molecule has 0 saturated carbocycles. The Balaban J connectivity index is 1.53. The molecule has 0 heterocycles. The van der Waals surface area contributed by atoms with Crippen LogP contribution in [-0.2, 0) is 0 Å². The normalized spacial score (nSPS) is 12.3. The molecule has 0 aliphatic rings. The zero-order chi connectivity index (χ0) is 18.2. The monoisotopic (exact) mass is 347 g/mol. The summed E-state index contributed by atoms with van der Waals surface area (Å²) in [5.41, 5.74) is 8.44. The van der Waals surface area contributed by atoms with Gasteiger partial charge in [0.2, 0.25) is 0 Å². The van der Waals surface area contributed by atoms with E-state index in [9.17, 15) is 0 Å². The second kappa shape index (κ2) is 6.22. The van der Waals surface area contributed by atoms with Crippen molar-refractivity contribution in [3.63, 3.8) is 0 Å². The molecule has 0 aliphatic carbocycles. The third-order valence-corrected chi connectivity index (χ3v) is 4.90. The van der Waals surface area contributed by atoms with Crippen molar-refractivity contribution in [1.82, 2.24) is 0 Å². The SMILES string of the molecule is Nc1ccc(/C=N/N=C/c2cc3ccc4cccc5ccc(c2)c3c45)cc1. The van der Waals surface area contributed by atoms with Crippen LogP contribution in [0.15, 0.2) is 89.1 Å². The highest BCUT2D eigenvalue weighted by Crippen LogP contribution is 2.34. The minimum absolute atomic E-state index is 0.740. The van der Waals surface area contributed by atoms with Crippen LogP contribution in [0.25, 0.3) is 32.3 Å². The summed E-state index contributed by atoms with van der Waals surface area (Å²) in [6.07, 6.45) is 3.52. The number of nitrogens with zero attached hydrogens (tertiary/aromatic N) is 2. The quantitative estimate of drug-likeness (QED) is 0.196. The van der Waals surface area contributed by atoms with Crippen LogP contribution in [0.4, 0.5) is 5.69 Å². The van der Waals surface area contributed by atoms with Gasteiger partial charge in [0.1, 0.15) is 0 Å². The smallest absolute Gasteiger partial charge is 0.0568 e. The zero-order valence-corrected chi connectivity index (χ0v) is 14.6. The highest BCUT2D eigenvalue weighted by molar-refractivity contribution is 6.23. The fourth-order valence-corrected chi connectivity index (χ4v) is 3.63. The van der Waals surface area contributed by atoms with Crippen molar-refractivity contribution in [1.29, 1.82) is 0 Å². The number of hydrogen-bond acceptors (Lipinski definition) is 3. The number of rotatable bonds is 3. The predicted molar refractivity (Wildman–Crippen MR) is 116 cm³/mol. The fraction of sp³-hybridized carbons (Fsp3) is 0. The lowest BCUT2D eigenvalue weighted by atomic mass is 9.93. The van der Waals surface area contributed by atoms with Crippen molar-refractivity contribution in [3.8, 4) is 0 Å². The van der Waals surface area contributed by atoms with E-state index in [1.54, 1.807) is 12.4 Å². The molecule has 0 radical (unpaired) electrons. The number of nitrogen functional groups attached to an aromatic ring is 1. The van der Waals surface area contributed by atoms with E-state index >= 15 is 0 Å². The molecule has 0 aliphatic heterocycles. The third kappa shape index (κ3) is 2.79. The van der Waals surface area contributed by atoms with E-state index in [2.05, 4.69) is 64.8 Å². The minimum atomic E-state index is 0.740. The van der Waals surface area contributed by atoms with Gasteiger partial charge in [0.05, 0.1) is 12.4 Å². The molecule has 0 fully saturated rings. The summed E-state index contributed by atoms with van der Waals surface area (Å²) < 4.78 is 0. The first-order valence-electron chi connectivity index (χ1n) is 8.87. The second-order valence-corrected chi connectivity index (χ2v) is 6.71. The summed E-state index contributed by atoms with van der Waals surface area (Å²) >= 11 is 0. The second-order valence-electron chi connectivity index (χ2n) is 6.71. The van der Waals surface area contributed by atoms with Crippen LogP contribution in [0, 0.1) is 0 Å². The van der Waals surface area contributed by atoms with Crippen molar-refractivity contribution < 1.29 is 0 Å². The van der Waals surface area contributed by atoms with Crippen molar-refractivity contribution in [2.75, 3.05) is 5.73 Å². The topological polar surface area (TPSA) is 50.7 Å². The van der Waals surface area contributed by atoms with E-state index in [-0.39, 0.29) is 0 Å². The van der Waals surface area contributed by atoms with Crippen LogP contribution in [0.5, 0.6) is 0 Å². The van der Waals surface area contributed by atoms with Crippen LogP contribution in [0.2, 0.25) is 0 Å². The Morgan fingerprint density at radius 1 is 0.556 bits per heavy atom. The first-order chi connectivity index (χ1) is 13.3. The van der Waals surface area contributed by atoms with E-state index < -0.39 is 0 Å². The summed E-state index contributed by atoms with van der Waals surface area (Å²) in [5, 5.41) is 16.0. The Morgan fingerprint density at radius 3 is 1.70 bits per heavy atom. The molecule has 2 N–H and O–H groups in total. The van der Waals surface area contributed by atoms with Crippen LogP contribution in [-0.4, -0.2) is 12.4 Å². The van der Waals surface area contributed by atoms with E-state index in [1.165, 1.54) is 32.3 Å². The van der Waals surface area contributed by atoms with Crippen molar-refractivity contribution in [3.05, 3.63) is 90.0 Å². The Bertz CT molecular complexity index is 1250. The Hall–Kier alpha value is -3.72. The summed E-state index contributed by atoms with van der Waals surface area (Å²) in [4.78, 5) is 0. The van der Waals surface area contributed by atoms with E-state index in [4.69, 9.17) is 5.73 Å². The minimum Gasteiger partial charge on any atom is -0.399 e. The van der Waals surface area contributed by atoms with E-state index in [0.29, 0.717) is 0 Å². The Kier molecular flexibility index (Phi) is 3.58. The lowest BCUT2D eigenvalue weighted by molar-refractivity contribution is 1.26. The molecule has 27 heavy (non-hydrogen) atoms. The summed E-state index contributed by atoms with van der Waals surface area (Å²) in [6, 6.07) is 27.0. The van der Waals surface area contributed by atoms with Gasteiger partial charge in [-0.1, -0.05) is 54.6 Å². The van der Waals surface area contributed by atoms with Gasteiger partial charge in [-0.3, -0.25) is 0 Å². The van der Waals surface area contributed by atoms with Crippen molar-refractivity contribution in [2.45, 2.75) is 0 Å². The van der Waals surface area contributed by atoms with Crippen molar-refractivity contribution >= 4 is 50.4 Å². The molecule has 128 valence electrons. The average Bonchev–Trinajstić information content (AvgIpc) is 2.70. The lowest BCUT2D eigenvalue weighted by Crippen LogP contribution is -1.87. The van der Waals surface area contributed by atoms with Gasteiger partial charge in [0, 0.05) is 5.69 Å². The molecule has 0 aromatic heterocycles. The van der Waals surface area contributed by atoms with Crippen LogP contribution in [0.1, 0.15) is 11.1 Å². The maximum Gasteiger partial charge on any atom is 0.0568 e. The van der Waals surface area contributed by atoms with Gasteiger partial charge in [0.15, 0.2) is 0 Å². The molecule has 0 spiro atoms. The number of hydrogen-bond donors (Lipinski definition) is 1. The molecule has 3 nitrogen and oxygen atoms in total. The lowest BCUT2D eigenvalue weighted by Gasteiger charge is -2.11. The Labute approximate surface area is 156 Å². The summed E-state index contributed by atoms with van der Waals surface area (Å²) in [6.45, 7) is 0. The highest BCUT2D eigenvalue weighted by atomic mass is 15.2. The van der Waals surface area contributed by atoms with Gasteiger partial charge in [-0.2, -0.15) is 10.2 Å². The van der Waals surface area contributed by atoms with E-state index in [1.807, 2.05) is 24.3 Å². The molecule has 0 amide bonds. The highest BCUT2D eigenvalue weighted by Gasteiger charge is 2.08. The Morgan fingerprint density at radius 2 is 1.07 bits per heavy atom. The van der Waals surface area contributed by atoms with Gasteiger partial charge in [-0.15, -0.1) is 0 Å². The van der Waals surface area contributed by atoms with Gasteiger partial charge >= 0.3 is 0 Å². The van der Waals surface area contributed by atoms with Crippen LogP contribution >= 0.6 is 0 Å². The molecular weight excluding hydrogens is 330 g/mol. The summed E-state index contributed by atoms with van der Waals surface area (Å²) in [5.74, 6) is 0. The molecule has 0 atom stereocenters. The molecule has 0 saturated heterocycles. The number of benzene rings is 5. The largest absolute Gasteiger partial charge is 0.399 e. The fourth-order valence-electron chi connectivity index (χ4n) is 3.63. The maximum atomic E-state index is 5.69. The molecule has 3 heteroatoms. The summed E-state index contributed by atoms with van der Waals surface area (Å²) in [7, 11) is 0. The van der Waals surface area contributed by atoms with Crippen molar-refractivity contribution in [2.24, 2.45) is 10.2 Å². The molecular formula is C24H17N3. The standard InChI is InChI=1S/C24H17N3/c25-22-10-4-16(5-11-22)14-26-27-15-17-12-20-8-6-18-2-1-3-19-7-9-21(13-17)24(20)23(18)19/h1-15H,25H2/b26-14+,27-15+. The molecule has 0 unspecified atom stereocenters. The molecule has 5 aromatic carbocycles. The van der Waals surface area contributed by atoms with Gasteiger partial charge in [-0.25, -0.2) is 0 Å². The van der Waals surface area contributed by atoms with Crippen LogP contribution < -0.4 is 5.73 Å². The van der Waals surface area contributed by atoms with Gasteiger partial charge in [-0.05, 0) is 67.7 Å². The molecule has 5 aromatic rings. The predicted octanol–water partition coefficient (Wildman–Crippen LogP) is 5.62.